The number of hydrogen-bond donors (Lipinski definition) is 2. The van der Waals surface area contributed by atoms with Gasteiger partial charge >= 0.3 is 0 Å². The Morgan fingerprint density at radius 2 is 1.86 bits per heavy atom. The van der Waals surface area contributed by atoms with E-state index in [1.807, 2.05) is 39.5 Å². The molecule has 0 aliphatic rings. The van der Waals surface area contributed by atoms with Crippen LogP contribution in [0, 0.1) is 6.92 Å². The molecule has 0 unspecified atom stereocenters. The van der Waals surface area contributed by atoms with Crippen LogP contribution in [0.3, 0.4) is 0 Å². The molecule has 6 nitrogen and oxygen atoms in total. The topological polar surface area (TPSA) is 70.2 Å². The molecule has 1 aromatic rings. The molecule has 0 atom stereocenters. The fourth-order valence-electron chi connectivity index (χ4n) is 2.12. The van der Waals surface area contributed by atoms with Crippen molar-refractivity contribution in [1.82, 2.24) is 15.3 Å². The van der Waals surface area contributed by atoms with Gasteiger partial charge in [-0.05, 0) is 27.7 Å². The highest BCUT2D eigenvalue weighted by molar-refractivity contribution is 5.81. The predicted molar refractivity (Wildman–Crippen MR) is 86.9 cm³/mol. The second kappa shape index (κ2) is 8.44. The Morgan fingerprint density at radius 3 is 2.38 bits per heavy atom. The van der Waals surface area contributed by atoms with Crippen molar-refractivity contribution in [3.05, 3.63) is 11.4 Å². The fraction of sp³-hybridized carbons (Fsp3) is 0.667. The molecule has 0 aliphatic carbocycles. The summed E-state index contributed by atoms with van der Waals surface area (Å²) in [5, 5.41) is 6.10. The highest BCUT2D eigenvalue weighted by atomic mass is 16.2. The minimum absolute atomic E-state index is 0.0143. The van der Waals surface area contributed by atoms with Gasteiger partial charge in [0.25, 0.3) is 0 Å². The van der Waals surface area contributed by atoms with E-state index in [1.165, 1.54) is 0 Å². The molecule has 0 fully saturated rings. The molecule has 1 heterocycles. The van der Waals surface area contributed by atoms with Crippen LogP contribution in [-0.2, 0) is 11.2 Å². The number of nitrogens with one attached hydrogen (secondary N) is 2. The summed E-state index contributed by atoms with van der Waals surface area (Å²) >= 11 is 0. The third-order valence-electron chi connectivity index (χ3n) is 3.22. The third kappa shape index (κ3) is 4.58. The van der Waals surface area contributed by atoms with Gasteiger partial charge < -0.3 is 15.5 Å². The SMILES string of the molecule is CCNC(=O)CN(CC)c1nc(CC)nc(NCC)c1C. The van der Waals surface area contributed by atoms with Gasteiger partial charge in [-0.25, -0.2) is 9.97 Å². The first-order valence-electron chi connectivity index (χ1n) is 7.70. The van der Waals surface area contributed by atoms with E-state index in [1.54, 1.807) is 0 Å². The summed E-state index contributed by atoms with van der Waals surface area (Å²) in [7, 11) is 0. The van der Waals surface area contributed by atoms with Crippen molar-refractivity contribution in [2.24, 2.45) is 0 Å². The van der Waals surface area contributed by atoms with Gasteiger partial charge in [-0.2, -0.15) is 0 Å². The molecule has 118 valence electrons. The summed E-state index contributed by atoms with van der Waals surface area (Å²) in [6, 6.07) is 0. The van der Waals surface area contributed by atoms with Crippen LogP contribution in [-0.4, -0.2) is 42.1 Å². The lowest BCUT2D eigenvalue weighted by Gasteiger charge is -2.24. The molecule has 21 heavy (non-hydrogen) atoms. The summed E-state index contributed by atoms with van der Waals surface area (Å²) < 4.78 is 0. The van der Waals surface area contributed by atoms with Crippen LogP contribution < -0.4 is 15.5 Å². The second-order valence-electron chi connectivity index (χ2n) is 4.79. The van der Waals surface area contributed by atoms with E-state index >= 15 is 0 Å². The van der Waals surface area contributed by atoms with Crippen molar-refractivity contribution in [1.29, 1.82) is 0 Å². The summed E-state index contributed by atoms with van der Waals surface area (Å²) in [4.78, 5) is 23.0. The van der Waals surface area contributed by atoms with Crippen molar-refractivity contribution >= 4 is 17.5 Å². The summed E-state index contributed by atoms with van der Waals surface area (Å²) in [5.74, 6) is 2.50. The molecule has 0 aliphatic heterocycles. The first-order valence-corrected chi connectivity index (χ1v) is 7.70. The Bertz CT molecular complexity index is 475. The molecule has 0 saturated carbocycles. The molecule has 0 spiro atoms. The Labute approximate surface area is 127 Å². The predicted octanol–water partition coefficient (Wildman–Crippen LogP) is 1.74. The Morgan fingerprint density at radius 1 is 1.14 bits per heavy atom. The van der Waals surface area contributed by atoms with E-state index in [4.69, 9.17) is 0 Å². The zero-order valence-corrected chi connectivity index (χ0v) is 13.8. The van der Waals surface area contributed by atoms with Crippen LogP contribution in [0.2, 0.25) is 0 Å². The maximum absolute atomic E-state index is 11.9. The van der Waals surface area contributed by atoms with Crippen LogP contribution in [0.25, 0.3) is 0 Å². The van der Waals surface area contributed by atoms with Crippen molar-refractivity contribution in [3.8, 4) is 0 Å². The number of aromatic nitrogens is 2. The first-order chi connectivity index (χ1) is 10.1. The van der Waals surface area contributed by atoms with Crippen molar-refractivity contribution in [2.45, 2.75) is 41.0 Å². The fourth-order valence-corrected chi connectivity index (χ4v) is 2.12. The molecule has 0 radical (unpaired) electrons. The van der Waals surface area contributed by atoms with E-state index in [-0.39, 0.29) is 5.91 Å². The minimum Gasteiger partial charge on any atom is -0.370 e. The van der Waals surface area contributed by atoms with Crippen LogP contribution in [0.4, 0.5) is 11.6 Å². The number of anilines is 2. The standard InChI is InChI=1S/C15H27N5O/c1-6-12-18-14(17-8-3)11(5)15(19-12)20(9-4)10-13(21)16-7-2/h6-10H2,1-5H3,(H,16,21)(H,17,18,19). The second-order valence-corrected chi connectivity index (χ2v) is 4.79. The van der Waals surface area contributed by atoms with Crippen LogP contribution in [0.5, 0.6) is 0 Å². The Kier molecular flexibility index (Phi) is 6.91. The summed E-state index contributed by atoms with van der Waals surface area (Å²) in [6.45, 7) is 12.5. The number of carbonyl (C=O) groups excluding carboxylic acids is 1. The number of amides is 1. The number of carbonyl (C=O) groups is 1. The Hall–Kier alpha value is -1.85. The molecule has 1 aromatic heterocycles. The van der Waals surface area contributed by atoms with E-state index in [2.05, 4.69) is 20.6 Å². The van der Waals surface area contributed by atoms with Gasteiger partial charge in [-0.3, -0.25) is 4.79 Å². The van der Waals surface area contributed by atoms with Crippen molar-refractivity contribution < 1.29 is 4.79 Å². The first kappa shape index (κ1) is 17.2. The van der Waals surface area contributed by atoms with E-state index in [0.717, 1.165) is 42.5 Å². The highest BCUT2D eigenvalue weighted by Gasteiger charge is 2.17. The summed E-state index contributed by atoms with van der Waals surface area (Å²) in [6.07, 6.45) is 0.768. The molecule has 2 N–H and O–H groups in total. The molecule has 1 rings (SSSR count). The maximum atomic E-state index is 11.9. The van der Waals surface area contributed by atoms with Crippen molar-refractivity contribution in [2.75, 3.05) is 36.4 Å². The van der Waals surface area contributed by atoms with Crippen LogP contribution >= 0.6 is 0 Å². The number of likely N-dealkylation sites (N-methyl/N-ethyl adjacent to an activating group) is 2. The van der Waals surface area contributed by atoms with Gasteiger partial charge in [0, 0.05) is 31.6 Å². The van der Waals surface area contributed by atoms with Crippen LogP contribution in [0.1, 0.15) is 39.1 Å². The summed E-state index contributed by atoms with van der Waals surface area (Å²) in [5.41, 5.74) is 0.986. The number of rotatable bonds is 8. The van der Waals surface area contributed by atoms with Gasteiger partial charge in [0.1, 0.15) is 17.5 Å². The molecular formula is C15H27N5O. The van der Waals surface area contributed by atoms with E-state index < -0.39 is 0 Å². The molecular weight excluding hydrogens is 266 g/mol. The molecule has 0 saturated heterocycles. The minimum atomic E-state index is 0.0143. The molecule has 0 bridgehead atoms. The zero-order valence-electron chi connectivity index (χ0n) is 13.8. The quantitative estimate of drug-likeness (QED) is 0.764. The monoisotopic (exact) mass is 293 g/mol. The number of hydrogen-bond acceptors (Lipinski definition) is 5. The van der Waals surface area contributed by atoms with E-state index in [9.17, 15) is 4.79 Å². The number of aryl methyl sites for hydroxylation is 1. The maximum Gasteiger partial charge on any atom is 0.239 e. The lowest BCUT2D eigenvalue weighted by atomic mass is 10.2. The third-order valence-corrected chi connectivity index (χ3v) is 3.22. The highest BCUT2D eigenvalue weighted by Crippen LogP contribution is 2.23. The average Bonchev–Trinajstić information content (AvgIpc) is 2.47. The lowest BCUT2D eigenvalue weighted by Crippen LogP contribution is -2.38. The molecule has 0 aromatic carbocycles. The van der Waals surface area contributed by atoms with Gasteiger partial charge in [0.2, 0.25) is 5.91 Å². The zero-order chi connectivity index (χ0) is 15.8. The van der Waals surface area contributed by atoms with Gasteiger partial charge in [0.05, 0.1) is 6.54 Å². The van der Waals surface area contributed by atoms with Gasteiger partial charge in [0.15, 0.2) is 0 Å². The molecule has 6 heteroatoms. The Balaban J connectivity index is 3.12. The van der Waals surface area contributed by atoms with Crippen LogP contribution in [0.15, 0.2) is 0 Å². The van der Waals surface area contributed by atoms with Crippen molar-refractivity contribution in [3.63, 3.8) is 0 Å². The molecule has 1 amide bonds. The number of nitrogens with zero attached hydrogens (tertiary/aromatic N) is 3. The van der Waals surface area contributed by atoms with Gasteiger partial charge in [-0.15, -0.1) is 0 Å². The normalized spacial score (nSPS) is 10.3. The largest absolute Gasteiger partial charge is 0.370 e. The van der Waals surface area contributed by atoms with Gasteiger partial charge in [-0.1, -0.05) is 6.92 Å². The lowest BCUT2D eigenvalue weighted by molar-refractivity contribution is -0.119. The smallest absolute Gasteiger partial charge is 0.239 e. The van der Waals surface area contributed by atoms with E-state index in [0.29, 0.717) is 13.1 Å². The average molecular weight is 293 g/mol.